The largest absolute Gasteiger partial charge is 0.272 e. The lowest BCUT2D eigenvalue weighted by atomic mass is 10.2. The second-order valence-electron chi connectivity index (χ2n) is 4.94. The van der Waals surface area contributed by atoms with Crippen molar-refractivity contribution in [2.24, 2.45) is 5.10 Å². The Kier molecular flexibility index (Phi) is 7.17. The Morgan fingerprint density at radius 3 is 2.62 bits per heavy atom. The molecule has 3 rings (SSSR count). The lowest BCUT2D eigenvalue weighted by molar-refractivity contribution is -0.118. The zero-order valence-corrected chi connectivity index (χ0v) is 16.1. The molecule has 132 valence electrons. The molecule has 0 saturated carbocycles. The summed E-state index contributed by atoms with van der Waals surface area (Å²) in [7, 11) is 0. The first-order chi connectivity index (χ1) is 12.8. The number of aromatic nitrogens is 3. The summed E-state index contributed by atoms with van der Waals surface area (Å²) < 4.78 is 1.66. The monoisotopic (exact) mass is 401 g/mol. The number of thioether (sulfide) groups is 2. The summed E-state index contributed by atoms with van der Waals surface area (Å²) in [4.78, 5) is 15.9. The maximum absolute atomic E-state index is 11.8. The average molecular weight is 402 g/mol. The highest BCUT2D eigenvalue weighted by Gasteiger charge is 2.08. The van der Waals surface area contributed by atoms with Crippen molar-refractivity contribution in [3.8, 4) is 0 Å². The summed E-state index contributed by atoms with van der Waals surface area (Å²) in [6.45, 7) is 0. The molecule has 26 heavy (non-hydrogen) atoms. The number of nitrogens with zero attached hydrogens (tertiary/aromatic N) is 4. The number of nitrogens with one attached hydrogen (secondary N) is 1. The minimum absolute atomic E-state index is 0.198. The molecule has 0 unspecified atom stereocenters. The summed E-state index contributed by atoms with van der Waals surface area (Å²) in [6.07, 6.45) is 3.17. The van der Waals surface area contributed by atoms with E-state index in [1.165, 1.54) is 34.9 Å². The molecule has 2 heterocycles. The van der Waals surface area contributed by atoms with E-state index < -0.39 is 0 Å². The Balaban J connectivity index is 1.40. The highest BCUT2D eigenvalue weighted by atomic mass is 32.2. The van der Waals surface area contributed by atoms with Gasteiger partial charge in [-0.3, -0.25) is 9.78 Å². The lowest BCUT2D eigenvalue weighted by Gasteiger charge is -1.97. The summed E-state index contributed by atoms with van der Waals surface area (Å²) >= 11 is 4.48. The molecule has 2 aromatic heterocycles. The van der Waals surface area contributed by atoms with Gasteiger partial charge in [-0.1, -0.05) is 71.3 Å². The highest BCUT2D eigenvalue weighted by molar-refractivity contribution is 8.03. The number of carbonyl (C=O) groups is 1. The first-order valence-corrected chi connectivity index (χ1v) is 10.4. The van der Waals surface area contributed by atoms with Gasteiger partial charge in [0.15, 0.2) is 8.68 Å². The van der Waals surface area contributed by atoms with E-state index in [0.717, 1.165) is 14.4 Å². The van der Waals surface area contributed by atoms with Gasteiger partial charge in [-0.05, 0) is 17.7 Å². The fourth-order valence-electron chi connectivity index (χ4n) is 1.82. The van der Waals surface area contributed by atoms with E-state index in [2.05, 4.69) is 37.8 Å². The van der Waals surface area contributed by atoms with Gasteiger partial charge < -0.3 is 0 Å². The van der Waals surface area contributed by atoms with Crippen LogP contribution in [0.25, 0.3) is 0 Å². The number of hydrogen-bond donors (Lipinski definition) is 1. The molecule has 1 N–H and O–H groups in total. The van der Waals surface area contributed by atoms with Gasteiger partial charge in [-0.2, -0.15) is 5.10 Å². The van der Waals surface area contributed by atoms with Crippen molar-refractivity contribution in [2.75, 3.05) is 5.75 Å². The fraction of sp³-hybridized carbons (Fsp3) is 0.118. The van der Waals surface area contributed by atoms with E-state index in [1.807, 2.05) is 30.3 Å². The Bertz CT molecular complexity index is 855. The van der Waals surface area contributed by atoms with Crippen LogP contribution < -0.4 is 5.43 Å². The van der Waals surface area contributed by atoms with Gasteiger partial charge in [-0.25, -0.2) is 5.43 Å². The molecule has 0 aliphatic rings. The Morgan fingerprint density at radius 1 is 1.08 bits per heavy atom. The summed E-state index contributed by atoms with van der Waals surface area (Å²) in [5.41, 5.74) is 4.40. The van der Waals surface area contributed by atoms with Crippen LogP contribution in [0.15, 0.2) is 68.5 Å². The van der Waals surface area contributed by atoms with Gasteiger partial charge in [0.05, 0.1) is 17.7 Å². The molecular weight excluding hydrogens is 386 g/mol. The minimum atomic E-state index is -0.198. The molecule has 0 radical (unpaired) electrons. The highest BCUT2D eigenvalue weighted by Crippen LogP contribution is 2.30. The van der Waals surface area contributed by atoms with Gasteiger partial charge in [0.2, 0.25) is 0 Å². The van der Waals surface area contributed by atoms with E-state index in [4.69, 9.17) is 0 Å². The van der Waals surface area contributed by atoms with Crippen molar-refractivity contribution in [2.45, 2.75) is 14.4 Å². The number of amides is 1. The standard InChI is InChI=1S/C17H15N5OS3/c23-15(20-19-10-14-8-4-5-9-18-14)12-25-17-22-21-16(26-17)24-11-13-6-2-1-3-7-13/h1-10H,11-12H2,(H,20,23). The molecule has 0 aliphatic heterocycles. The Labute approximate surface area is 163 Å². The van der Waals surface area contributed by atoms with Crippen LogP contribution in [0.5, 0.6) is 0 Å². The number of rotatable bonds is 8. The molecule has 1 amide bonds. The van der Waals surface area contributed by atoms with Crippen LogP contribution in [0.2, 0.25) is 0 Å². The van der Waals surface area contributed by atoms with Crippen LogP contribution >= 0.6 is 34.9 Å². The van der Waals surface area contributed by atoms with Crippen LogP contribution in [-0.4, -0.2) is 33.1 Å². The molecule has 0 fully saturated rings. The molecule has 0 spiro atoms. The van der Waals surface area contributed by atoms with E-state index in [9.17, 15) is 4.79 Å². The molecule has 0 saturated heterocycles. The third-order valence-electron chi connectivity index (χ3n) is 2.99. The maximum Gasteiger partial charge on any atom is 0.250 e. The fourth-order valence-corrected chi connectivity index (χ4v) is 4.58. The summed E-state index contributed by atoms with van der Waals surface area (Å²) in [5.74, 6) is 0.885. The second-order valence-corrected chi connectivity index (χ2v) is 8.37. The van der Waals surface area contributed by atoms with Crippen LogP contribution in [-0.2, 0) is 10.5 Å². The number of carbonyl (C=O) groups excluding carboxylic acids is 1. The smallest absolute Gasteiger partial charge is 0.250 e. The van der Waals surface area contributed by atoms with Crippen molar-refractivity contribution in [3.63, 3.8) is 0 Å². The van der Waals surface area contributed by atoms with Crippen molar-refractivity contribution >= 4 is 47.0 Å². The number of hydrazone groups is 1. The van der Waals surface area contributed by atoms with Crippen molar-refractivity contribution in [1.82, 2.24) is 20.6 Å². The van der Waals surface area contributed by atoms with Crippen molar-refractivity contribution < 1.29 is 4.79 Å². The van der Waals surface area contributed by atoms with Crippen molar-refractivity contribution in [3.05, 3.63) is 66.0 Å². The summed E-state index contributed by atoms with van der Waals surface area (Å²) in [6, 6.07) is 15.7. The molecule has 0 aliphatic carbocycles. The van der Waals surface area contributed by atoms with Crippen LogP contribution in [0.1, 0.15) is 11.3 Å². The van der Waals surface area contributed by atoms with Crippen LogP contribution in [0, 0.1) is 0 Å². The molecule has 0 bridgehead atoms. The number of pyridine rings is 1. The van der Waals surface area contributed by atoms with E-state index in [1.54, 1.807) is 24.0 Å². The molecular formula is C17H15N5OS3. The van der Waals surface area contributed by atoms with E-state index in [-0.39, 0.29) is 11.7 Å². The zero-order chi connectivity index (χ0) is 18.0. The molecule has 1 aromatic carbocycles. The van der Waals surface area contributed by atoms with Gasteiger partial charge in [0.1, 0.15) is 0 Å². The van der Waals surface area contributed by atoms with Gasteiger partial charge in [-0.15, -0.1) is 10.2 Å². The normalized spacial score (nSPS) is 10.9. The van der Waals surface area contributed by atoms with Crippen molar-refractivity contribution in [1.29, 1.82) is 0 Å². The molecule has 6 nitrogen and oxygen atoms in total. The predicted molar refractivity (Wildman–Crippen MR) is 107 cm³/mol. The maximum atomic E-state index is 11.8. The Hall–Kier alpha value is -2.23. The third kappa shape index (κ3) is 6.25. The van der Waals surface area contributed by atoms with Crippen LogP contribution in [0.3, 0.4) is 0 Å². The van der Waals surface area contributed by atoms with E-state index in [0.29, 0.717) is 5.69 Å². The molecule has 9 heteroatoms. The predicted octanol–water partition coefficient (Wildman–Crippen LogP) is 3.47. The molecule has 0 atom stereocenters. The first-order valence-electron chi connectivity index (χ1n) is 7.65. The quantitative estimate of drug-likeness (QED) is 0.354. The SMILES string of the molecule is O=C(CSc1nnc(SCc2ccccc2)s1)NN=Cc1ccccn1. The summed E-state index contributed by atoms with van der Waals surface area (Å²) in [5, 5.41) is 12.1. The molecule has 3 aromatic rings. The van der Waals surface area contributed by atoms with Crippen LogP contribution in [0.4, 0.5) is 0 Å². The van der Waals surface area contributed by atoms with Gasteiger partial charge in [0, 0.05) is 11.9 Å². The Morgan fingerprint density at radius 2 is 1.85 bits per heavy atom. The van der Waals surface area contributed by atoms with Gasteiger partial charge in [0.25, 0.3) is 5.91 Å². The number of benzene rings is 1. The third-order valence-corrected chi connectivity index (χ3v) is 6.25. The zero-order valence-electron chi connectivity index (χ0n) is 13.6. The van der Waals surface area contributed by atoms with E-state index >= 15 is 0 Å². The topological polar surface area (TPSA) is 80.1 Å². The average Bonchev–Trinajstić information content (AvgIpc) is 3.14. The lowest BCUT2D eigenvalue weighted by Crippen LogP contribution is -2.19. The van der Waals surface area contributed by atoms with Gasteiger partial charge >= 0.3 is 0 Å². The number of hydrogen-bond acceptors (Lipinski definition) is 8. The first kappa shape index (κ1) is 18.6. The minimum Gasteiger partial charge on any atom is -0.272 e. The second kappa shape index (κ2) is 10.0.